The van der Waals surface area contributed by atoms with Crippen molar-refractivity contribution in [3.8, 4) is 0 Å². The van der Waals surface area contributed by atoms with Crippen molar-refractivity contribution in [1.29, 1.82) is 0 Å². The Balaban J connectivity index is 1.97. The van der Waals surface area contributed by atoms with E-state index in [4.69, 9.17) is 5.11 Å². The molecule has 1 saturated carbocycles. The smallest absolute Gasteiger partial charge is 0.127 e. The minimum atomic E-state index is -0.103. The van der Waals surface area contributed by atoms with E-state index in [9.17, 15) is 4.39 Å². The van der Waals surface area contributed by atoms with Crippen molar-refractivity contribution in [1.82, 2.24) is 4.90 Å². The Kier molecular flexibility index (Phi) is 4.72. The second-order valence-corrected chi connectivity index (χ2v) is 5.23. The number of aliphatic hydroxyl groups is 1. The van der Waals surface area contributed by atoms with Crippen LogP contribution < -0.4 is 0 Å². The van der Waals surface area contributed by atoms with E-state index in [1.54, 1.807) is 6.07 Å². The molecule has 0 spiro atoms. The molecule has 0 bridgehead atoms. The van der Waals surface area contributed by atoms with Crippen LogP contribution in [-0.4, -0.2) is 29.2 Å². The first-order valence-electron chi connectivity index (χ1n) is 6.80. The van der Waals surface area contributed by atoms with Crippen molar-refractivity contribution in [3.63, 3.8) is 0 Å². The number of hydrogen-bond acceptors (Lipinski definition) is 2. The van der Waals surface area contributed by atoms with Gasteiger partial charge in [0.15, 0.2) is 0 Å². The second kappa shape index (κ2) is 6.30. The van der Waals surface area contributed by atoms with Gasteiger partial charge in [0.25, 0.3) is 0 Å². The Bertz CT molecular complexity index is 390. The molecule has 0 unspecified atom stereocenters. The van der Waals surface area contributed by atoms with Crippen LogP contribution in [0.1, 0.15) is 36.8 Å². The van der Waals surface area contributed by atoms with Gasteiger partial charge >= 0.3 is 0 Å². The summed E-state index contributed by atoms with van der Waals surface area (Å²) in [5.74, 6) is -0.103. The van der Waals surface area contributed by atoms with Crippen LogP contribution in [0, 0.1) is 12.7 Å². The first-order chi connectivity index (χ1) is 8.70. The molecule has 0 radical (unpaired) electrons. The Morgan fingerprint density at radius 1 is 1.33 bits per heavy atom. The summed E-state index contributed by atoms with van der Waals surface area (Å²) in [7, 11) is 0. The van der Waals surface area contributed by atoms with Crippen molar-refractivity contribution >= 4 is 0 Å². The molecule has 1 N–H and O–H groups in total. The Labute approximate surface area is 108 Å². The molecular formula is C15H22FNO. The zero-order chi connectivity index (χ0) is 13.0. The molecule has 1 fully saturated rings. The van der Waals surface area contributed by atoms with Gasteiger partial charge in [-0.15, -0.1) is 0 Å². The molecule has 0 heterocycles. The lowest BCUT2D eigenvalue weighted by molar-refractivity contribution is 0.226. The number of aliphatic hydroxyl groups excluding tert-OH is 1. The lowest BCUT2D eigenvalue weighted by atomic mass is 10.1. The van der Waals surface area contributed by atoms with Crippen LogP contribution in [0.15, 0.2) is 18.2 Å². The number of halogens is 1. The van der Waals surface area contributed by atoms with Gasteiger partial charge in [-0.2, -0.15) is 0 Å². The van der Waals surface area contributed by atoms with Crippen LogP contribution in [0.5, 0.6) is 0 Å². The Hall–Kier alpha value is -0.930. The van der Waals surface area contributed by atoms with Crippen molar-refractivity contribution in [2.75, 3.05) is 13.2 Å². The maximum Gasteiger partial charge on any atom is 0.127 e. The van der Waals surface area contributed by atoms with Crippen LogP contribution in [0.4, 0.5) is 4.39 Å². The number of rotatable bonds is 7. The van der Waals surface area contributed by atoms with Crippen molar-refractivity contribution in [2.24, 2.45) is 0 Å². The van der Waals surface area contributed by atoms with Gasteiger partial charge in [0.1, 0.15) is 5.82 Å². The zero-order valence-corrected chi connectivity index (χ0v) is 11.0. The lowest BCUT2D eigenvalue weighted by Crippen LogP contribution is -2.27. The molecule has 1 aromatic carbocycles. The van der Waals surface area contributed by atoms with E-state index in [1.807, 2.05) is 19.1 Å². The normalized spacial score (nSPS) is 15.3. The molecule has 18 heavy (non-hydrogen) atoms. The van der Waals surface area contributed by atoms with E-state index in [2.05, 4.69) is 4.90 Å². The number of benzene rings is 1. The van der Waals surface area contributed by atoms with Crippen LogP contribution in [-0.2, 0) is 6.54 Å². The maximum absolute atomic E-state index is 13.7. The van der Waals surface area contributed by atoms with Crippen LogP contribution >= 0.6 is 0 Å². The van der Waals surface area contributed by atoms with Gasteiger partial charge in [-0.3, -0.25) is 4.90 Å². The van der Waals surface area contributed by atoms with E-state index < -0.39 is 0 Å². The number of nitrogens with zero attached hydrogens (tertiary/aromatic N) is 1. The molecule has 3 heteroatoms. The monoisotopic (exact) mass is 251 g/mol. The number of hydrogen-bond donors (Lipinski definition) is 1. The quantitative estimate of drug-likeness (QED) is 0.753. The third-order valence-corrected chi connectivity index (χ3v) is 3.49. The van der Waals surface area contributed by atoms with Gasteiger partial charge in [-0.25, -0.2) is 4.39 Å². The molecule has 0 saturated heterocycles. The fourth-order valence-electron chi connectivity index (χ4n) is 2.30. The standard InChI is InChI=1S/C15H22FNO/c1-12-4-7-15(16)13(10-12)11-17(14-5-6-14)8-2-3-9-18/h4,7,10,14,18H,2-3,5-6,8-9,11H2,1H3. The van der Waals surface area contributed by atoms with Crippen molar-refractivity contribution in [2.45, 2.75) is 45.2 Å². The molecule has 1 aliphatic rings. The van der Waals surface area contributed by atoms with E-state index in [0.717, 1.165) is 30.5 Å². The number of unbranched alkanes of at least 4 members (excludes halogenated alkanes) is 1. The summed E-state index contributed by atoms with van der Waals surface area (Å²) in [6.45, 7) is 3.90. The van der Waals surface area contributed by atoms with Crippen molar-refractivity contribution in [3.05, 3.63) is 35.1 Å². The summed E-state index contributed by atoms with van der Waals surface area (Å²) in [5, 5.41) is 8.83. The average molecular weight is 251 g/mol. The minimum absolute atomic E-state index is 0.103. The molecule has 0 aliphatic heterocycles. The van der Waals surface area contributed by atoms with Crippen molar-refractivity contribution < 1.29 is 9.50 Å². The van der Waals surface area contributed by atoms with Gasteiger partial charge < -0.3 is 5.11 Å². The molecule has 100 valence electrons. The predicted octanol–water partition coefficient (Wildman–Crippen LogP) is 2.87. The first-order valence-corrected chi connectivity index (χ1v) is 6.80. The maximum atomic E-state index is 13.7. The SMILES string of the molecule is Cc1ccc(F)c(CN(CCCCO)C2CC2)c1. The summed E-state index contributed by atoms with van der Waals surface area (Å²) in [5.41, 5.74) is 1.91. The van der Waals surface area contributed by atoms with Gasteiger partial charge in [0, 0.05) is 24.8 Å². The third kappa shape index (κ3) is 3.79. The molecule has 2 nitrogen and oxygen atoms in total. The fraction of sp³-hybridized carbons (Fsp3) is 0.600. The highest BCUT2D eigenvalue weighted by Crippen LogP contribution is 2.29. The Morgan fingerprint density at radius 3 is 2.78 bits per heavy atom. The molecule has 1 aromatic rings. The first kappa shape index (κ1) is 13.5. The molecule has 1 aliphatic carbocycles. The van der Waals surface area contributed by atoms with Gasteiger partial charge in [0.05, 0.1) is 0 Å². The van der Waals surface area contributed by atoms with Gasteiger partial charge in [-0.1, -0.05) is 17.7 Å². The molecule has 0 aromatic heterocycles. The Morgan fingerprint density at radius 2 is 2.11 bits per heavy atom. The average Bonchev–Trinajstić information content (AvgIpc) is 3.17. The predicted molar refractivity (Wildman–Crippen MR) is 70.9 cm³/mol. The summed E-state index contributed by atoms with van der Waals surface area (Å²) < 4.78 is 13.7. The molecule has 2 rings (SSSR count). The third-order valence-electron chi connectivity index (χ3n) is 3.49. The second-order valence-electron chi connectivity index (χ2n) is 5.23. The van der Waals surface area contributed by atoms with Crippen LogP contribution in [0.3, 0.4) is 0 Å². The zero-order valence-electron chi connectivity index (χ0n) is 11.0. The van der Waals surface area contributed by atoms with E-state index >= 15 is 0 Å². The molecule has 0 amide bonds. The highest BCUT2D eigenvalue weighted by molar-refractivity contribution is 5.24. The van der Waals surface area contributed by atoms with Crippen LogP contribution in [0.25, 0.3) is 0 Å². The molecular weight excluding hydrogens is 229 g/mol. The number of aryl methyl sites for hydroxylation is 1. The summed E-state index contributed by atoms with van der Waals surface area (Å²) >= 11 is 0. The highest BCUT2D eigenvalue weighted by Gasteiger charge is 2.28. The van der Waals surface area contributed by atoms with E-state index in [0.29, 0.717) is 12.6 Å². The largest absolute Gasteiger partial charge is 0.396 e. The van der Waals surface area contributed by atoms with E-state index in [-0.39, 0.29) is 12.4 Å². The summed E-state index contributed by atoms with van der Waals surface area (Å²) in [4.78, 5) is 2.35. The highest BCUT2D eigenvalue weighted by atomic mass is 19.1. The van der Waals surface area contributed by atoms with E-state index in [1.165, 1.54) is 12.8 Å². The molecule has 0 atom stereocenters. The fourth-order valence-corrected chi connectivity index (χ4v) is 2.30. The van der Waals surface area contributed by atoms with Crippen LogP contribution in [0.2, 0.25) is 0 Å². The van der Waals surface area contributed by atoms with Gasteiger partial charge in [0.2, 0.25) is 0 Å². The summed E-state index contributed by atoms with van der Waals surface area (Å²) in [6.07, 6.45) is 4.28. The summed E-state index contributed by atoms with van der Waals surface area (Å²) in [6, 6.07) is 5.94. The minimum Gasteiger partial charge on any atom is -0.396 e. The topological polar surface area (TPSA) is 23.5 Å². The lowest BCUT2D eigenvalue weighted by Gasteiger charge is -2.22. The van der Waals surface area contributed by atoms with Gasteiger partial charge in [-0.05, 0) is 45.2 Å².